The van der Waals surface area contributed by atoms with Gasteiger partial charge in [-0.1, -0.05) is 0 Å². The van der Waals surface area contributed by atoms with Crippen LogP contribution in [-0.4, -0.2) is 18.4 Å². The Bertz CT molecular complexity index is 520. The number of rotatable bonds is 6. The Labute approximate surface area is 110 Å². The number of carbonyl (C=O) groups is 2. The fraction of sp³-hybridized carbons (Fsp3) is 0.357. The van der Waals surface area contributed by atoms with E-state index in [1.54, 1.807) is 13.0 Å². The van der Waals surface area contributed by atoms with Crippen LogP contribution in [0.4, 0.5) is 4.39 Å². The van der Waals surface area contributed by atoms with Gasteiger partial charge in [-0.05, 0) is 31.5 Å². The third-order valence-corrected chi connectivity index (χ3v) is 2.50. The Kier molecular flexibility index (Phi) is 5.68. The van der Waals surface area contributed by atoms with Gasteiger partial charge < -0.3 is 4.74 Å². The van der Waals surface area contributed by atoms with Crippen LogP contribution in [-0.2, 0) is 9.53 Å². The van der Waals surface area contributed by atoms with Gasteiger partial charge in [-0.15, -0.1) is 0 Å². The van der Waals surface area contributed by atoms with Gasteiger partial charge in [-0.2, -0.15) is 5.26 Å². The van der Waals surface area contributed by atoms with E-state index in [9.17, 15) is 14.0 Å². The van der Waals surface area contributed by atoms with Gasteiger partial charge in [-0.25, -0.2) is 4.39 Å². The molecule has 0 aromatic heterocycles. The molecule has 1 aromatic carbocycles. The van der Waals surface area contributed by atoms with Gasteiger partial charge >= 0.3 is 5.97 Å². The lowest BCUT2D eigenvalue weighted by atomic mass is 10.0. The molecule has 0 radical (unpaired) electrons. The van der Waals surface area contributed by atoms with Crippen molar-refractivity contribution in [2.45, 2.75) is 26.2 Å². The second-order valence-electron chi connectivity index (χ2n) is 3.89. The molecule has 0 bridgehead atoms. The van der Waals surface area contributed by atoms with Gasteiger partial charge in [0.2, 0.25) is 0 Å². The molecule has 0 aliphatic heterocycles. The van der Waals surface area contributed by atoms with Crippen molar-refractivity contribution in [1.82, 2.24) is 0 Å². The maximum Gasteiger partial charge on any atom is 0.305 e. The van der Waals surface area contributed by atoms with Crippen LogP contribution in [0.15, 0.2) is 18.2 Å². The van der Waals surface area contributed by atoms with Gasteiger partial charge in [-0.3, -0.25) is 9.59 Å². The minimum atomic E-state index is -0.648. The zero-order valence-corrected chi connectivity index (χ0v) is 10.6. The number of benzene rings is 1. The van der Waals surface area contributed by atoms with Crippen LogP contribution in [0.25, 0.3) is 0 Å². The molecule has 4 nitrogen and oxygen atoms in total. The Morgan fingerprint density at radius 1 is 1.37 bits per heavy atom. The monoisotopic (exact) mass is 263 g/mol. The number of hydrogen-bond acceptors (Lipinski definition) is 4. The number of esters is 1. The van der Waals surface area contributed by atoms with Gasteiger partial charge in [0.1, 0.15) is 11.9 Å². The predicted molar refractivity (Wildman–Crippen MR) is 65.9 cm³/mol. The summed E-state index contributed by atoms with van der Waals surface area (Å²) < 4.78 is 17.8. The van der Waals surface area contributed by atoms with Crippen molar-refractivity contribution in [3.63, 3.8) is 0 Å². The number of nitriles is 1. The first-order valence-electron chi connectivity index (χ1n) is 5.97. The lowest BCUT2D eigenvalue weighted by Gasteiger charge is -2.03. The van der Waals surface area contributed by atoms with Crippen LogP contribution in [0.3, 0.4) is 0 Å². The molecular formula is C14H14FNO3. The predicted octanol–water partition coefficient (Wildman–Crippen LogP) is 2.61. The fourth-order valence-electron chi connectivity index (χ4n) is 1.56. The molecule has 0 spiro atoms. The Morgan fingerprint density at radius 2 is 2.11 bits per heavy atom. The van der Waals surface area contributed by atoms with Crippen molar-refractivity contribution in [2.75, 3.05) is 6.61 Å². The summed E-state index contributed by atoms with van der Waals surface area (Å²) in [5.74, 6) is -1.21. The second-order valence-corrected chi connectivity index (χ2v) is 3.89. The van der Waals surface area contributed by atoms with Crippen molar-refractivity contribution in [3.8, 4) is 6.07 Å². The summed E-state index contributed by atoms with van der Waals surface area (Å²) in [5, 5.41) is 8.67. The minimum Gasteiger partial charge on any atom is -0.466 e. The third-order valence-electron chi connectivity index (χ3n) is 2.50. The second kappa shape index (κ2) is 7.27. The highest BCUT2D eigenvalue weighted by molar-refractivity contribution is 5.96. The molecule has 0 fully saturated rings. The first-order valence-corrected chi connectivity index (χ1v) is 5.97. The molecule has 0 unspecified atom stereocenters. The van der Waals surface area contributed by atoms with E-state index in [0.717, 1.165) is 6.07 Å². The van der Waals surface area contributed by atoms with Crippen molar-refractivity contribution >= 4 is 11.8 Å². The summed E-state index contributed by atoms with van der Waals surface area (Å²) in [6, 6.07) is 5.34. The maximum atomic E-state index is 13.1. The quantitative estimate of drug-likeness (QED) is 0.584. The number of hydrogen-bond donors (Lipinski definition) is 0. The Balaban J connectivity index is 2.55. The lowest BCUT2D eigenvalue weighted by molar-refractivity contribution is -0.143. The molecular weight excluding hydrogens is 249 g/mol. The zero-order chi connectivity index (χ0) is 14.3. The standard InChI is InChI=1S/C14H14FNO3/c1-2-19-14(18)5-3-4-13(17)10-6-7-12(15)11(8-10)9-16/h6-8H,2-5H2,1H3. The third kappa shape index (κ3) is 4.51. The smallest absolute Gasteiger partial charge is 0.305 e. The molecule has 0 amide bonds. The highest BCUT2D eigenvalue weighted by Gasteiger charge is 2.10. The molecule has 0 heterocycles. The van der Waals surface area contributed by atoms with Gasteiger partial charge in [0.05, 0.1) is 12.2 Å². The molecule has 5 heteroatoms. The summed E-state index contributed by atoms with van der Waals surface area (Å²) in [5.41, 5.74) is 0.123. The topological polar surface area (TPSA) is 67.2 Å². The number of Topliss-reactive ketones (excluding diaryl/α,β-unsaturated/α-hetero) is 1. The van der Waals surface area contributed by atoms with Crippen LogP contribution in [0.5, 0.6) is 0 Å². The maximum absolute atomic E-state index is 13.1. The van der Waals surface area contributed by atoms with Crippen LogP contribution in [0, 0.1) is 17.1 Å². The molecule has 0 aliphatic carbocycles. The minimum absolute atomic E-state index is 0.156. The van der Waals surface area contributed by atoms with Crippen LogP contribution < -0.4 is 0 Å². The fourth-order valence-corrected chi connectivity index (χ4v) is 1.56. The van der Waals surface area contributed by atoms with Gasteiger partial charge in [0.15, 0.2) is 5.78 Å². The summed E-state index contributed by atoms with van der Waals surface area (Å²) in [7, 11) is 0. The first kappa shape index (κ1) is 14.8. The molecule has 0 saturated carbocycles. The first-order chi connectivity index (χ1) is 9.08. The van der Waals surface area contributed by atoms with E-state index >= 15 is 0 Å². The Morgan fingerprint density at radius 3 is 2.74 bits per heavy atom. The average molecular weight is 263 g/mol. The van der Waals surface area contributed by atoms with Crippen molar-refractivity contribution in [3.05, 3.63) is 35.1 Å². The number of ether oxygens (including phenoxy) is 1. The van der Waals surface area contributed by atoms with E-state index in [4.69, 9.17) is 10.00 Å². The van der Waals surface area contributed by atoms with E-state index < -0.39 is 5.82 Å². The molecule has 1 aromatic rings. The summed E-state index contributed by atoms with van der Waals surface area (Å²) in [6.45, 7) is 2.03. The van der Waals surface area contributed by atoms with Crippen molar-refractivity contribution < 1.29 is 18.7 Å². The molecule has 0 N–H and O–H groups in total. The van der Waals surface area contributed by atoms with Crippen molar-refractivity contribution in [1.29, 1.82) is 5.26 Å². The molecule has 1 rings (SSSR count). The van der Waals surface area contributed by atoms with Crippen LogP contribution in [0.1, 0.15) is 42.1 Å². The number of carbonyl (C=O) groups excluding carboxylic acids is 2. The van der Waals surface area contributed by atoms with E-state index in [1.165, 1.54) is 12.1 Å². The lowest BCUT2D eigenvalue weighted by Crippen LogP contribution is -2.06. The molecule has 0 saturated heterocycles. The summed E-state index contributed by atoms with van der Waals surface area (Å²) >= 11 is 0. The van der Waals surface area contributed by atoms with E-state index in [0.29, 0.717) is 13.0 Å². The SMILES string of the molecule is CCOC(=O)CCCC(=O)c1ccc(F)c(C#N)c1. The normalized spacial score (nSPS) is 9.74. The van der Waals surface area contributed by atoms with Crippen LogP contribution in [0.2, 0.25) is 0 Å². The zero-order valence-electron chi connectivity index (χ0n) is 10.6. The molecule has 100 valence electrons. The van der Waals surface area contributed by atoms with E-state index in [-0.39, 0.29) is 35.7 Å². The van der Waals surface area contributed by atoms with Crippen molar-refractivity contribution in [2.24, 2.45) is 0 Å². The van der Waals surface area contributed by atoms with Gasteiger partial charge in [0.25, 0.3) is 0 Å². The highest BCUT2D eigenvalue weighted by atomic mass is 19.1. The number of halogens is 1. The molecule has 0 aliphatic rings. The van der Waals surface area contributed by atoms with E-state index in [2.05, 4.69) is 0 Å². The number of ketones is 1. The highest BCUT2D eigenvalue weighted by Crippen LogP contribution is 2.13. The average Bonchev–Trinajstić information content (AvgIpc) is 2.39. The van der Waals surface area contributed by atoms with E-state index in [1.807, 2.05) is 0 Å². The van der Waals surface area contributed by atoms with Crippen LogP contribution >= 0.6 is 0 Å². The van der Waals surface area contributed by atoms with Gasteiger partial charge in [0, 0.05) is 18.4 Å². The molecule has 0 atom stereocenters. The summed E-state index contributed by atoms with van der Waals surface area (Å²) in [6.07, 6.45) is 0.706. The summed E-state index contributed by atoms with van der Waals surface area (Å²) in [4.78, 5) is 22.9. The largest absolute Gasteiger partial charge is 0.466 e. The Hall–Kier alpha value is -2.22. The number of nitrogens with zero attached hydrogens (tertiary/aromatic N) is 1. The molecule has 19 heavy (non-hydrogen) atoms.